The lowest BCUT2D eigenvalue weighted by molar-refractivity contribution is 0.392. The van der Waals surface area contributed by atoms with E-state index in [1.807, 2.05) is 13.0 Å². The van der Waals surface area contributed by atoms with Gasteiger partial charge in [-0.15, -0.1) is 6.58 Å². The zero-order chi connectivity index (χ0) is 14.7. The summed E-state index contributed by atoms with van der Waals surface area (Å²) in [5, 5.41) is 0.779. The Hall–Kier alpha value is -2.23. The first-order chi connectivity index (χ1) is 9.65. The van der Waals surface area contributed by atoms with E-state index >= 15 is 0 Å². The van der Waals surface area contributed by atoms with Gasteiger partial charge in [0.05, 0.1) is 19.6 Å². The molecule has 0 bridgehead atoms. The van der Waals surface area contributed by atoms with Gasteiger partial charge in [0.1, 0.15) is 17.1 Å². The molecular weight excluding hydrogens is 256 g/mol. The van der Waals surface area contributed by atoms with Crippen LogP contribution in [0.5, 0.6) is 11.5 Å². The van der Waals surface area contributed by atoms with E-state index in [0.29, 0.717) is 35.5 Å². The van der Waals surface area contributed by atoms with Crippen molar-refractivity contribution in [1.29, 1.82) is 0 Å². The Balaban J connectivity index is 2.90. The Labute approximate surface area is 117 Å². The van der Waals surface area contributed by atoms with Crippen LogP contribution in [0.2, 0.25) is 0 Å². The summed E-state index contributed by atoms with van der Waals surface area (Å²) in [5.74, 6) is 1.25. The molecule has 106 valence electrons. The van der Waals surface area contributed by atoms with Crippen LogP contribution in [0.1, 0.15) is 18.1 Å². The average molecular weight is 274 g/mol. The van der Waals surface area contributed by atoms with Crippen molar-refractivity contribution in [3.8, 4) is 11.5 Å². The normalized spacial score (nSPS) is 10.6. The summed E-state index contributed by atoms with van der Waals surface area (Å²) in [4.78, 5) is 11.9. The zero-order valence-electron chi connectivity index (χ0n) is 12.0. The van der Waals surface area contributed by atoms with Gasteiger partial charge in [0.25, 0.3) is 0 Å². The maximum atomic E-state index is 11.9. The first-order valence-corrected chi connectivity index (χ1v) is 6.47. The highest BCUT2D eigenvalue weighted by molar-refractivity contribution is 5.89. The maximum absolute atomic E-state index is 11.9. The second-order valence-electron chi connectivity index (χ2n) is 4.41. The summed E-state index contributed by atoms with van der Waals surface area (Å²) in [6.45, 7) is 5.65. The molecule has 0 saturated carbocycles. The van der Waals surface area contributed by atoms with Gasteiger partial charge in [-0.05, 0) is 18.9 Å². The molecule has 0 N–H and O–H groups in total. The number of ether oxygens (including phenoxy) is 2. The van der Waals surface area contributed by atoms with Crippen molar-refractivity contribution in [1.82, 2.24) is 0 Å². The lowest BCUT2D eigenvalue weighted by atomic mass is 10.0. The quantitative estimate of drug-likeness (QED) is 0.621. The van der Waals surface area contributed by atoms with E-state index in [1.165, 1.54) is 0 Å². The minimum absolute atomic E-state index is 0.319. The topological polar surface area (TPSA) is 48.7 Å². The first-order valence-electron chi connectivity index (χ1n) is 6.47. The lowest BCUT2D eigenvalue weighted by Crippen LogP contribution is -2.07. The van der Waals surface area contributed by atoms with Crippen molar-refractivity contribution in [2.45, 2.75) is 19.8 Å². The van der Waals surface area contributed by atoms with Crippen LogP contribution < -0.4 is 15.1 Å². The Bertz CT molecular complexity index is 698. The van der Waals surface area contributed by atoms with Gasteiger partial charge in [-0.2, -0.15) is 0 Å². The van der Waals surface area contributed by atoms with Gasteiger partial charge < -0.3 is 13.9 Å². The van der Waals surface area contributed by atoms with E-state index in [0.717, 1.165) is 10.9 Å². The molecular formula is C16H18O4. The van der Waals surface area contributed by atoms with Crippen LogP contribution in [-0.2, 0) is 12.8 Å². The number of aryl methyl sites for hydroxylation is 1. The van der Waals surface area contributed by atoms with Gasteiger partial charge in [-0.1, -0.05) is 13.0 Å². The average Bonchev–Trinajstić information content (AvgIpc) is 2.47. The monoisotopic (exact) mass is 274 g/mol. The van der Waals surface area contributed by atoms with E-state index in [-0.39, 0.29) is 5.63 Å². The van der Waals surface area contributed by atoms with Gasteiger partial charge in [-0.3, -0.25) is 0 Å². The molecule has 0 aliphatic carbocycles. The van der Waals surface area contributed by atoms with E-state index < -0.39 is 0 Å². The Morgan fingerprint density at radius 1 is 1.25 bits per heavy atom. The summed E-state index contributed by atoms with van der Waals surface area (Å²) in [6.07, 6.45) is 2.92. The van der Waals surface area contributed by atoms with Crippen LogP contribution in [0, 0.1) is 0 Å². The van der Waals surface area contributed by atoms with E-state index in [2.05, 4.69) is 6.58 Å². The molecule has 0 saturated heterocycles. The standard InChI is InChI=1S/C16H18O4/c1-5-7-11-13(18-3)9-14(19-4)12-8-10(6-2)16(17)20-15(11)12/h5,8-9H,1,6-7H2,2-4H3. The predicted octanol–water partition coefficient (Wildman–Crippen LogP) is 3.10. The molecule has 0 atom stereocenters. The molecule has 2 rings (SSSR count). The highest BCUT2D eigenvalue weighted by atomic mass is 16.5. The summed E-state index contributed by atoms with van der Waals surface area (Å²) >= 11 is 0. The Morgan fingerprint density at radius 2 is 1.95 bits per heavy atom. The third-order valence-corrected chi connectivity index (χ3v) is 3.29. The highest BCUT2D eigenvalue weighted by Gasteiger charge is 2.16. The smallest absolute Gasteiger partial charge is 0.339 e. The minimum Gasteiger partial charge on any atom is -0.496 e. The minimum atomic E-state index is -0.319. The third-order valence-electron chi connectivity index (χ3n) is 3.29. The van der Waals surface area contributed by atoms with Gasteiger partial charge in [0, 0.05) is 17.2 Å². The number of allylic oxidation sites excluding steroid dienone is 1. The molecule has 2 aromatic rings. The molecule has 0 radical (unpaired) electrons. The van der Waals surface area contributed by atoms with Crippen molar-refractivity contribution < 1.29 is 13.9 Å². The van der Waals surface area contributed by atoms with Crippen molar-refractivity contribution in [2.75, 3.05) is 14.2 Å². The summed E-state index contributed by atoms with van der Waals surface area (Å²) in [6, 6.07) is 3.63. The second kappa shape index (κ2) is 5.82. The molecule has 0 fully saturated rings. The molecule has 1 aromatic carbocycles. The van der Waals surface area contributed by atoms with Crippen LogP contribution in [0.4, 0.5) is 0 Å². The number of methoxy groups -OCH3 is 2. The van der Waals surface area contributed by atoms with Crippen LogP contribution in [0.15, 0.2) is 34.0 Å². The largest absolute Gasteiger partial charge is 0.496 e. The SMILES string of the molecule is C=CCc1c(OC)cc(OC)c2cc(CC)c(=O)oc12. The van der Waals surface area contributed by atoms with Crippen molar-refractivity contribution >= 4 is 11.0 Å². The van der Waals surface area contributed by atoms with Crippen molar-refractivity contribution in [3.63, 3.8) is 0 Å². The first kappa shape index (κ1) is 14.2. The highest BCUT2D eigenvalue weighted by Crippen LogP contribution is 2.36. The van der Waals surface area contributed by atoms with E-state index in [9.17, 15) is 4.79 Å². The van der Waals surface area contributed by atoms with E-state index in [1.54, 1.807) is 26.4 Å². The molecule has 0 spiro atoms. The Morgan fingerprint density at radius 3 is 2.50 bits per heavy atom. The van der Waals surface area contributed by atoms with E-state index in [4.69, 9.17) is 13.9 Å². The maximum Gasteiger partial charge on any atom is 0.339 e. The molecule has 1 heterocycles. The summed E-state index contributed by atoms with van der Waals surface area (Å²) < 4.78 is 16.2. The number of fused-ring (bicyclic) bond motifs is 1. The number of hydrogen-bond acceptors (Lipinski definition) is 4. The molecule has 1 aromatic heterocycles. The summed E-state index contributed by atoms with van der Waals surface area (Å²) in [5.41, 5.74) is 1.62. The molecule has 20 heavy (non-hydrogen) atoms. The zero-order valence-corrected chi connectivity index (χ0v) is 12.0. The molecule has 0 unspecified atom stereocenters. The molecule has 4 nitrogen and oxygen atoms in total. The second-order valence-corrected chi connectivity index (χ2v) is 4.41. The van der Waals surface area contributed by atoms with Crippen molar-refractivity contribution in [2.24, 2.45) is 0 Å². The van der Waals surface area contributed by atoms with Crippen LogP contribution in [-0.4, -0.2) is 14.2 Å². The van der Waals surface area contributed by atoms with Crippen LogP contribution in [0.25, 0.3) is 11.0 Å². The fourth-order valence-electron chi connectivity index (χ4n) is 2.25. The Kier molecular flexibility index (Phi) is 4.13. The molecule has 0 amide bonds. The molecule has 4 heteroatoms. The number of hydrogen-bond donors (Lipinski definition) is 0. The van der Waals surface area contributed by atoms with Gasteiger partial charge in [0.15, 0.2) is 0 Å². The van der Waals surface area contributed by atoms with Gasteiger partial charge in [-0.25, -0.2) is 4.79 Å². The fourth-order valence-corrected chi connectivity index (χ4v) is 2.25. The molecule has 0 aliphatic heterocycles. The van der Waals surface area contributed by atoms with Crippen LogP contribution >= 0.6 is 0 Å². The van der Waals surface area contributed by atoms with Crippen molar-refractivity contribution in [3.05, 3.63) is 46.3 Å². The lowest BCUT2D eigenvalue weighted by Gasteiger charge is -2.13. The molecule has 0 aliphatic rings. The predicted molar refractivity (Wildman–Crippen MR) is 78.9 cm³/mol. The van der Waals surface area contributed by atoms with Crippen LogP contribution in [0.3, 0.4) is 0 Å². The fraction of sp³-hybridized carbons (Fsp3) is 0.312. The third kappa shape index (κ3) is 2.29. The number of rotatable bonds is 5. The van der Waals surface area contributed by atoms with Gasteiger partial charge in [0.2, 0.25) is 0 Å². The van der Waals surface area contributed by atoms with Gasteiger partial charge >= 0.3 is 5.63 Å². The summed E-state index contributed by atoms with van der Waals surface area (Å²) in [7, 11) is 3.16. The number of benzene rings is 1.